The molecule has 2 aromatic carbocycles. The molecule has 2 atom stereocenters. The van der Waals surface area contributed by atoms with E-state index >= 15 is 0 Å². The maximum absolute atomic E-state index is 4.36. The van der Waals surface area contributed by atoms with E-state index in [-0.39, 0.29) is 12.2 Å². The number of aromatic amines is 1. The van der Waals surface area contributed by atoms with Gasteiger partial charge >= 0.3 is 0 Å². The number of anilines is 1. The van der Waals surface area contributed by atoms with Crippen molar-refractivity contribution in [2.45, 2.75) is 18.6 Å². The van der Waals surface area contributed by atoms with Crippen molar-refractivity contribution in [3.05, 3.63) is 95.4 Å². The van der Waals surface area contributed by atoms with Crippen molar-refractivity contribution in [2.24, 2.45) is 0 Å². The second kappa shape index (κ2) is 5.69. The molecule has 0 aliphatic carbocycles. The van der Waals surface area contributed by atoms with Gasteiger partial charge in [0.25, 0.3) is 0 Å². The van der Waals surface area contributed by atoms with Crippen molar-refractivity contribution in [1.82, 2.24) is 14.9 Å². The maximum atomic E-state index is 4.36. The van der Waals surface area contributed by atoms with Gasteiger partial charge in [0.15, 0.2) is 0 Å². The highest BCUT2D eigenvalue weighted by atomic mass is 15.3. The van der Waals surface area contributed by atoms with E-state index in [0.29, 0.717) is 0 Å². The van der Waals surface area contributed by atoms with Crippen molar-refractivity contribution >= 4 is 16.6 Å². The minimum atomic E-state index is 0.123. The first-order chi connectivity index (χ1) is 13.4. The topological polar surface area (TPSA) is 44.0 Å². The van der Waals surface area contributed by atoms with Crippen LogP contribution in [0.15, 0.2) is 73.1 Å². The van der Waals surface area contributed by atoms with Crippen LogP contribution in [0.5, 0.6) is 0 Å². The SMILES string of the molecule is c1cncc([C@@H]2Nc3ccccc3[C@@H]3c4[nH]c5ccccc5c4CCN32)c1. The fourth-order valence-corrected chi connectivity index (χ4v) is 4.78. The van der Waals surface area contributed by atoms with Crippen LogP contribution in [-0.2, 0) is 6.42 Å². The van der Waals surface area contributed by atoms with Gasteiger partial charge in [-0.15, -0.1) is 0 Å². The van der Waals surface area contributed by atoms with Crippen molar-refractivity contribution in [2.75, 3.05) is 11.9 Å². The quantitative estimate of drug-likeness (QED) is 0.525. The van der Waals surface area contributed by atoms with Crippen LogP contribution in [0.1, 0.15) is 34.6 Å². The van der Waals surface area contributed by atoms with Crippen LogP contribution in [0, 0.1) is 0 Å². The molecule has 4 nitrogen and oxygen atoms in total. The highest BCUT2D eigenvalue weighted by Gasteiger charge is 2.40. The molecule has 2 aliphatic heterocycles. The Labute approximate surface area is 157 Å². The van der Waals surface area contributed by atoms with Gasteiger partial charge < -0.3 is 10.3 Å². The summed E-state index contributed by atoms with van der Waals surface area (Å²) < 4.78 is 0. The van der Waals surface area contributed by atoms with E-state index in [1.807, 2.05) is 18.5 Å². The molecule has 0 spiro atoms. The number of benzene rings is 2. The molecule has 0 saturated carbocycles. The van der Waals surface area contributed by atoms with Gasteiger partial charge in [-0.25, -0.2) is 0 Å². The molecule has 0 bridgehead atoms. The van der Waals surface area contributed by atoms with Crippen LogP contribution >= 0.6 is 0 Å². The lowest BCUT2D eigenvalue weighted by molar-refractivity contribution is 0.151. The number of pyridine rings is 1. The van der Waals surface area contributed by atoms with Crippen LogP contribution in [0.4, 0.5) is 5.69 Å². The Hall–Kier alpha value is -3.11. The van der Waals surface area contributed by atoms with Gasteiger partial charge in [-0.1, -0.05) is 42.5 Å². The molecule has 6 rings (SSSR count). The predicted molar refractivity (Wildman–Crippen MR) is 108 cm³/mol. The number of fused-ring (bicyclic) bond motifs is 7. The van der Waals surface area contributed by atoms with Crippen LogP contribution in [0.2, 0.25) is 0 Å². The number of rotatable bonds is 1. The summed E-state index contributed by atoms with van der Waals surface area (Å²) in [4.78, 5) is 10.7. The largest absolute Gasteiger partial charge is 0.365 e. The summed E-state index contributed by atoms with van der Waals surface area (Å²) in [5.41, 5.74) is 7.79. The molecule has 4 heterocycles. The zero-order valence-electron chi connectivity index (χ0n) is 14.9. The summed E-state index contributed by atoms with van der Waals surface area (Å²) in [6.45, 7) is 1.01. The molecular formula is C23H20N4. The lowest BCUT2D eigenvalue weighted by Gasteiger charge is -2.46. The number of nitrogens with one attached hydrogen (secondary N) is 2. The van der Waals surface area contributed by atoms with Crippen LogP contribution in [0.3, 0.4) is 0 Å². The van der Waals surface area contributed by atoms with Gasteiger partial charge in [-0.3, -0.25) is 9.88 Å². The third-order valence-corrected chi connectivity index (χ3v) is 5.95. The summed E-state index contributed by atoms with van der Waals surface area (Å²) in [5, 5.41) is 5.11. The number of hydrogen-bond acceptors (Lipinski definition) is 3. The van der Waals surface area contributed by atoms with Gasteiger partial charge in [0.05, 0.1) is 6.04 Å². The highest BCUT2D eigenvalue weighted by Crippen LogP contribution is 2.47. The second-order valence-corrected chi connectivity index (χ2v) is 7.37. The Balaban J connectivity index is 1.58. The van der Waals surface area contributed by atoms with Crippen molar-refractivity contribution < 1.29 is 0 Å². The molecular weight excluding hydrogens is 332 g/mol. The molecule has 0 unspecified atom stereocenters. The Morgan fingerprint density at radius 3 is 2.78 bits per heavy atom. The van der Waals surface area contributed by atoms with Crippen LogP contribution in [0.25, 0.3) is 10.9 Å². The van der Waals surface area contributed by atoms with E-state index in [4.69, 9.17) is 0 Å². The van der Waals surface area contributed by atoms with Gasteiger partial charge in [-0.2, -0.15) is 0 Å². The molecule has 4 aromatic rings. The smallest absolute Gasteiger partial charge is 0.108 e. The third-order valence-electron chi connectivity index (χ3n) is 5.95. The zero-order chi connectivity index (χ0) is 17.8. The maximum Gasteiger partial charge on any atom is 0.108 e. The predicted octanol–water partition coefficient (Wildman–Crippen LogP) is 4.63. The minimum Gasteiger partial charge on any atom is -0.365 e. The Morgan fingerprint density at radius 1 is 0.963 bits per heavy atom. The standard InChI is InChI=1S/C23H20N4/c1-3-9-19-16(7-1)17-11-13-27-22(21(17)25-19)18-8-2-4-10-20(18)26-23(27)15-6-5-12-24-14-15/h1-10,12,14,22-23,25-26H,11,13H2/t22-,23-/m1/s1. The molecule has 2 N–H and O–H groups in total. The van der Waals surface area contributed by atoms with Gasteiger partial charge in [0.1, 0.15) is 6.17 Å². The lowest BCUT2D eigenvalue weighted by Crippen LogP contribution is -2.45. The molecule has 132 valence electrons. The van der Waals surface area contributed by atoms with E-state index in [1.165, 1.54) is 39.0 Å². The normalized spacial score (nSPS) is 21.2. The molecule has 0 saturated heterocycles. The molecule has 2 aromatic heterocycles. The molecule has 0 amide bonds. The summed E-state index contributed by atoms with van der Waals surface area (Å²) >= 11 is 0. The van der Waals surface area contributed by atoms with Crippen molar-refractivity contribution in [3.63, 3.8) is 0 Å². The number of H-pyrrole nitrogens is 1. The monoisotopic (exact) mass is 352 g/mol. The Bertz CT molecular complexity index is 1130. The molecule has 0 radical (unpaired) electrons. The van der Waals surface area contributed by atoms with E-state index in [2.05, 4.69) is 74.8 Å². The van der Waals surface area contributed by atoms with E-state index in [0.717, 1.165) is 13.0 Å². The van der Waals surface area contributed by atoms with Crippen LogP contribution < -0.4 is 5.32 Å². The fraction of sp³-hybridized carbons (Fsp3) is 0.174. The summed E-state index contributed by atoms with van der Waals surface area (Å²) in [6, 6.07) is 21.8. The first-order valence-electron chi connectivity index (χ1n) is 9.51. The molecule has 2 aliphatic rings. The molecule has 4 heteroatoms. The lowest BCUT2D eigenvalue weighted by atomic mass is 9.88. The highest BCUT2D eigenvalue weighted by molar-refractivity contribution is 5.85. The van der Waals surface area contributed by atoms with Gasteiger partial charge in [0, 0.05) is 46.8 Å². The third kappa shape index (κ3) is 2.17. The fourth-order valence-electron chi connectivity index (χ4n) is 4.78. The zero-order valence-corrected chi connectivity index (χ0v) is 14.9. The van der Waals surface area contributed by atoms with E-state index < -0.39 is 0 Å². The molecule has 0 fully saturated rings. The van der Waals surface area contributed by atoms with E-state index in [1.54, 1.807) is 0 Å². The van der Waals surface area contributed by atoms with Crippen molar-refractivity contribution in [1.29, 1.82) is 0 Å². The molecule has 27 heavy (non-hydrogen) atoms. The first kappa shape index (κ1) is 15.0. The average Bonchev–Trinajstić information content (AvgIpc) is 3.12. The van der Waals surface area contributed by atoms with Gasteiger partial charge in [0.2, 0.25) is 0 Å². The van der Waals surface area contributed by atoms with Crippen molar-refractivity contribution in [3.8, 4) is 0 Å². The summed E-state index contributed by atoms with van der Waals surface area (Å²) in [6.07, 6.45) is 4.99. The van der Waals surface area contributed by atoms with Crippen LogP contribution in [-0.4, -0.2) is 21.4 Å². The van der Waals surface area contributed by atoms with Gasteiger partial charge in [-0.05, 0) is 35.7 Å². The minimum absolute atomic E-state index is 0.123. The Morgan fingerprint density at radius 2 is 1.85 bits per heavy atom. The van der Waals surface area contributed by atoms with E-state index in [9.17, 15) is 0 Å². The Kier molecular flexibility index (Phi) is 3.16. The first-order valence-corrected chi connectivity index (χ1v) is 9.51. The average molecular weight is 352 g/mol. The number of hydrogen-bond donors (Lipinski definition) is 2. The number of nitrogens with zero attached hydrogens (tertiary/aromatic N) is 2. The number of aromatic nitrogens is 2. The second-order valence-electron chi connectivity index (χ2n) is 7.37. The number of para-hydroxylation sites is 2. The summed E-state index contributed by atoms with van der Waals surface area (Å²) in [5.74, 6) is 0. The summed E-state index contributed by atoms with van der Waals surface area (Å²) in [7, 11) is 0.